The largest absolute Gasteiger partial charge is 0.349 e. The Morgan fingerprint density at radius 1 is 1.26 bits per heavy atom. The monoisotopic (exact) mass is 398 g/mol. The van der Waals surface area contributed by atoms with Crippen LogP contribution in [0, 0.1) is 0 Å². The van der Waals surface area contributed by atoms with Crippen molar-refractivity contribution in [1.29, 1.82) is 0 Å². The third-order valence-electron chi connectivity index (χ3n) is 4.45. The summed E-state index contributed by atoms with van der Waals surface area (Å²) in [6, 6.07) is 7.05. The van der Waals surface area contributed by atoms with E-state index in [1.165, 1.54) is 6.20 Å². The fourth-order valence-corrected chi connectivity index (χ4v) is 4.77. The predicted octanol–water partition coefficient (Wildman–Crippen LogP) is 3.19. The highest BCUT2D eigenvalue weighted by molar-refractivity contribution is 7.20. The van der Waals surface area contributed by atoms with E-state index in [9.17, 15) is 9.59 Å². The molecule has 0 radical (unpaired) electrons. The van der Waals surface area contributed by atoms with Gasteiger partial charge in [0.1, 0.15) is 11.0 Å². The second-order valence-electron chi connectivity index (χ2n) is 6.24. The quantitative estimate of drug-likeness (QED) is 0.716. The molecule has 3 aromatic rings. The fourth-order valence-electron chi connectivity index (χ4n) is 3.13. The van der Waals surface area contributed by atoms with Crippen LogP contribution >= 0.6 is 22.7 Å². The van der Waals surface area contributed by atoms with E-state index in [1.807, 2.05) is 22.9 Å². The van der Waals surface area contributed by atoms with Crippen LogP contribution in [0.15, 0.2) is 47.4 Å². The topological polar surface area (TPSA) is 75.2 Å². The highest BCUT2D eigenvalue weighted by Crippen LogP contribution is 2.27. The second-order valence-corrected chi connectivity index (χ2v) is 8.04. The van der Waals surface area contributed by atoms with Gasteiger partial charge >= 0.3 is 0 Å². The van der Waals surface area contributed by atoms with Gasteiger partial charge in [0.15, 0.2) is 0 Å². The van der Waals surface area contributed by atoms with E-state index in [0.717, 1.165) is 22.0 Å². The van der Waals surface area contributed by atoms with Crippen LogP contribution in [-0.4, -0.2) is 39.3 Å². The lowest BCUT2D eigenvalue weighted by Crippen LogP contribution is -2.45. The van der Waals surface area contributed by atoms with Gasteiger partial charge < -0.3 is 10.2 Å². The highest BCUT2D eigenvalue weighted by Gasteiger charge is 2.34. The molecule has 1 saturated heterocycles. The minimum atomic E-state index is -0.437. The number of likely N-dealkylation sites (tertiary alicyclic amines) is 1. The van der Waals surface area contributed by atoms with Crippen molar-refractivity contribution < 1.29 is 9.59 Å². The summed E-state index contributed by atoms with van der Waals surface area (Å²) in [4.78, 5) is 36.7. The molecule has 1 aliphatic heterocycles. The first kappa shape index (κ1) is 17.8. The zero-order valence-electron chi connectivity index (χ0n) is 14.5. The Balaban J connectivity index is 1.38. The first-order valence-electron chi connectivity index (χ1n) is 8.69. The maximum Gasteiger partial charge on any atom is 0.256 e. The number of carbonyl (C=O) groups excluding carboxylic acids is 2. The van der Waals surface area contributed by atoms with Crippen LogP contribution in [0.3, 0.4) is 0 Å². The molecule has 0 saturated carbocycles. The van der Waals surface area contributed by atoms with Crippen LogP contribution in [0.25, 0.3) is 9.88 Å². The van der Waals surface area contributed by atoms with E-state index in [0.29, 0.717) is 25.1 Å². The number of rotatable bonds is 5. The van der Waals surface area contributed by atoms with Crippen LogP contribution in [0.4, 0.5) is 0 Å². The van der Waals surface area contributed by atoms with Crippen molar-refractivity contribution in [2.45, 2.75) is 25.4 Å². The zero-order chi connectivity index (χ0) is 18.6. The van der Waals surface area contributed by atoms with E-state index in [2.05, 4.69) is 15.3 Å². The van der Waals surface area contributed by atoms with Crippen molar-refractivity contribution in [3.05, 3.63) is 58.7 Å². The summed E-state index contributed by atoms with van der Waals surface area (Å²) in [7, 11) is 0. The van der Waals surface area contributed by atoms with E-state index in [1.54, 1.807) is 45.9 Å². The molecule has 8 heteroatoms. The molecular weight excluding hydrogens is 380 g/mol. The van der Waals surface area contributed by atoms with Gasteiger partial charge in [0.25, 0.3) is 5.91 Å². The van der Waals surface area contributed by atoms with Gasteiger partial charge in [0.2, 0.25) is 5.91 Å². The van der Waals surface area contributed by atoms with E-state index < -0.39 is 6.04 Å². The maximum absolute atomic E-state index is 12.7. The molecule has 1 atom stereocenters. The van der Waals surface area contributed by atoms with Crippen LogP contribution < -0.4 is 5.32 Å². The lowest BCUT2D eigenvalue weighted by atomic mass is 10.2. The number of aromatic nitrogens is 2. The number of carbonyl (C=O) groups is 2. The summed E-state index contributed by atoms with van der Waals surface area (Å²) in [5.41, 5.74) is 1.34. The lowest BCUT2D eigenvalue weighted by molar-refractivity contribution is -0.125. The third kappa shape index (κ3) is 3.91. The number of thiazole rings is 1. The number of nitrogens with zero attached hydrogens (tertiary/aromatic N) is 3. The number of nitrogens with one attached hydrogen (secondary N) is 1. The minimum absolute atomic E-state index is 0.129. The summed E-state index contributed by atoms with van der Waals surface area (Å²) < 4.78 is 0. The van der Waals surface area contributed by atoms with Gasteiger partial charge in [-0.2, -0.15) is 0 Å². The zero-order valence-corrected chi connectivity index (χ0v) is 16.1. The molecule has 4 heterocycles. The molecule has 0 aromatic carbocycles. The van der Waals surface area contributed by atoms with E-state index in [-0.39, 0.29) is 11.8 Å². The highest BCUT2D eigenvalue weighted by atomic mass is 32.1. The normalized spacial score (nSPS) is 16.4. The number of thiophene rings is 1. The third-order valence-corrected chi connectivity index (χ3v) is 6.38. The Hall–Kier alpha value is -2.58. The summed E-state index contributed by atoms with van der Waals surface area (Å²) in [5.74, 6) is -0.273. The fraction of sp³-hybridized carbons (Fsp3) is 0.263. The minimum Gasteiger partial charge on any atom is -0.349 e. The molecule has 27 heavy (non-hydrogen) atoms. The lowest BCUT2D eigenvalue weighted by Gasteiger charge is -2.23. The standard InChI is InChI=1S/C19H18N4O2S2/c24-17(21-11-14-12-27-18(22-14)16-6-3-9-26-16)15-5-2-8-23(15)19(25)13-4-1-7-20-10-13/h1,3-4,6-7,9-10,12,15H,2,5,8,11H2,(H,21,24). The Labute approximate surface area is 164 Å². The summed E-state index contributed by atoms with van der Waals surface area (Å²) in [6.07, 6.45) is 4.67. The molecule has 1 fully saturated rings. The van der Waals surface area contributed by atoms with Crippen molar-refractivity contribution in [3.63, 3.8) is 0 Å². The predicted molar refractivity (Wildman–Crippen MR) is 106 cm³/mol. The Kier molecular flexibility index (Phi) is 5.26. The first-order valence-corrected chi connectivity index (χ1v) is 10.5. The van der Waals surface area contributed by atoms with Gasteiger partial charge in [0.05, 0.1) is 22.7 Å². The van der Waals surface area contributed by atoms with Gasteiger partial charge in [-0.1, -0.05) is 6.07 Å². The van der Waals surface area contributed by atoms with Crippen LogP contribution in [0.1, 0.15) is 28.9 Å². The SMILES string of the molecule is O=C(NCc1csc(-c2cccs2)n1)C1CCCN1C(=O)c1cccnc1. The molecule has 3 aromatic heterocycles. The van der Waals surface area contributed by atoms with Crippen molar-refractivity contribution in [3.8, 4) is 9.88 Å². The molecule has 4 rings (SSSR count). The molecular formula is C19H18N4O2S2. The molecule has 0 spiro atoms. The number of hydrogen-bond acceptors (Lipinski definition) is 6. The summed E-state index contributed by atoms with van der Waals surface area (Å²) in [5, 5.41) is 7.88. The van der Waals surface area contributed by atoms with Crippen molar-refractivity contribution >= 4 is 34.5 Å². The van der Waals surface area contributed by atoms with Crippen LogP contribution in [0.5, 0.6) is 0 Å². The molecule has 0 aliphatic carbocycles. The average molecular weight is 399 g/mol. The molecule has 138 valence electrons. The van der Waals surface area contributed by atoms with Gasteiger partial charge in [-0.15, -0.1) is 22.7 Å². The number of pyridine rings is 1. The maximum atomic E-state index is 12.7. The summed E-state index contributed by atoms with van der Waals surface area (Å²) in [6.45, 7) is 0.956. The van der Waals surface area contributed by atoms with Gasteiger partial charge in [-0.25, -0.2) is 4.98 Å². The second kappa shape index (κ2) is 7.98. The van der Waals surface area contributed by atoms with Crippen molar-refractivity contribution in [1.82, 2.24) is 20.2 Å². The van der Waals surface area contributed by atoms with Crippen molar-refractivity contribution in [2.24, 2.45) is 0 Å². The Morgan fingerprint density at radius 2 is 2.19 bits per heavy atom. The Morgan fingerprint density at radius 3 is 2.96 bits per heavy atom. The molecule has 1 unspecified atom stereocenters. The Bertz CT molecular complexity index is 924. The number of hydrogen-bond donors (Lipinski definition) is 1. The molecule has 1 N–H and O–H groups in total. The van der Waals surface area contributed by atoms with Gasteiger partial charge in [-0.05, 0) is 36.4 Å². The first-order chi connectivity index (χ1) is 13.2. The van der Waals surface area contributed by atoms with Gasteiger partial charge in [-0.3, -0.25) is 14.6 Å². The number of amides is 2. The van der Waals surface area contributed by atoms with E-state index >= 15 is 0 Å². The van der Waals surface area contributed by atoms with Crippen LogP contribution in [0.2, 0.25) is 0 Å². The molecule has 2 amide bonds. The molecule has 6 nitrogen and oxygen atoms in total. The van der Waals surface area contributed by atoms with Crippen LogP contribution in [-0.2, 0) is 11.3 Å². The average Bonchev–Trinajstić information content (AvgIpc) is 3.47. The molecule has 0 bridgehead atoms. The van der Waals surface area contributed by atoms with E-state index in [4.69, 9.17) is 0 Å². The summed E-state index contributed by atoms with van der Waals surface area (Å²) >= 11 is 3.22. The smallest absolute Gasteiger partial charge is 0.256 e. The van der Waals surface area contributed by atoms with Crippen molar-refractivity contribution in [2.75, 3.05) is 6.54 Å². The molecule has 1 aliphatic rings. The van der Waals surface area contributed by atoms with Gasteiger partial charge in [0, 0.05) is 24.3 Å².